The molecule has 1 aliphatic rings. The first-order valence-corrected chi connectivity index (χ1v) is 11.0. The molecule has 0 N–H and O–H groups in total. The van der Waals surface area contributed by atoms with Crippen LogP contribution in [0, 0.1) is 25.2 Å². The van der Waals surface area contributed by atoms with Crippen LogP contribution in [0.2, 0.25) is 0 Å². The molecule has 0 bridgehead atoms. The van der Waals surface area contributed by atoms with Gasteiger partial charge in [0.1, 0.15) is 11.8 Å². The fourth-order valence-corrected chi connectivity index (χ4v) is 4.20. The molecular weight excluding hydrogens is 396 g/mol. The molecular formula is C27H28N4O. The second-order valence-corrected chi connectivity index (χ2v) is 8.26. The lowest BCUT2D eigenvalue weighted by Gasteiger charge is -2.34. The molecule has 1 aromatic heterocycles. The lowest BCUT2D eigenvalue weighted by Crippen LogP contribution is -2.49. The van der Waals surface area contributed by atoms with Gasteiger partial charge in [0.05, 0.1) is 5.56 Å². The fourth-order valence-electron chi connectivity index (χ4n) is 4.20. The molecule has 0 unspecified atom stereocenters. The molecule has 0 aliphatic carbocycles. The zero-order valence-corrected chi connectivity index (χ0v) is 18.7. The van der Waals surface area contributed by atoms with E-state index < -0.39 is 0 Å². The van der Waals surface area contributed by atoms with Gasteiger partial charge in [0.15, 0.2) is 0 Å². The molecule has 5 nitrogen and oxygen atoms in total. The molecule has 0 atom stereocenters. The summed E-state index contributed by atoms with van der Waals surface area (Å²) in [4.78, 5) is 17.7. The van der Waals surface area contributed by atoms with Gasteiger partial charge in [-0.05, 0) is 37.1 Å². The minimum atomic E-state index is -0.0778. The topological polar surface area (TPSA) is 52.3 Å². The number of carbonyl (C=O) groups excluding carboxylic acids is 1. The number of rotatable bonds is 5. The van der Waals surface area contributed by atoms with Crippen molar-refractivity contribution in [2.75, 3.05) is 32.7 Å². The summed E-state index contributed by atoms with van der Waals surface area (Å²) < 4.78 is 1.87. The van der Waals surface area contributed by atoms with Crippen molar-refractivity contribution in [3.63, 3.8) is 0 Å². The molecule has 162 valence electrons. The largest absolute Gasteiger partial charge is 0.335 e. The van der Waals surface area contributed by atoms with Gasteiger partial charge in [-0.1, -0.05) is 60.2 Å². The summed E-state index contributed by atoms with van der Waals surface area (Å²) in [5.41, 5.74) is 5.25. The first-order valence-electron chi connectivity index (χ1n) is 11.0. The Bertz CT molecular complexity index is 1160. The molecule has 3 aromatic rings. The smallest absolute Gasteiger partial charge is 0.272 e. The van der Waals surface area contributed by atoms with Crippen molar-refractivity contribution in [2.45, 2.75) is 13.8 Å². The van der Waals surface area contributed by atoms with Crippen LogP contribution in [0.5, 0.6) is 0 Å². The van der Waals surface area contributed by atoms with E-state index in [2.05, 4.69) is 41.3 Å². The van der Waals surface area contributed by atoms with Crippen molar-refractivity contribution < 1.29 is 4.79 Å². The highest BCUT2D eigenvalue weighted by molar-refractivity contribution is 5.96. The second kappa shape index (κ2) is 9.67. The number of hydrogen-bond donors (Lipinski definition) is 0. The number of carbonyl (C=O) groups is 1. The Morgan fingerprint density at radius 3 is 2.47 bits per heavy atom. The van der Waals surface area contributed by atoms with Gasteiger partial charge in [-0.25, -0.2) is 0 Å². The third-order valence-electron chi connectivity index (χ3n) is 5.95. The van der Waals surface area contributed by atoms with Crippen LogP contribution in [0.1, 0.15) is 32.7 Å². The van der Waals surface area contributed by atoms with Crippen LogP contribution >= 0.6 is 0 Å². The number of amides is 1. The first kappa shape index (κ1) is 21.6. The third kappa shape index (κ3) is 4.66. The molecule has 32 heavy (non-hydrogen) atoms. The number of aromatic nitrogens is 1. The van der Waals surface area contributed by atoms with Crippen LogP contribution in [0.4, 0.5) is 0 Å². The van der Waals surface area contributed by atoms with Crippen molar-refractivity contribution in [2.24, 2.45) is 0 Å². The molecule has 2 aromatic carbocycles. The number of benzene rings is 2. The normalized spacial score (nSPS) is 14.6. The van der Waals surface area contributed by atoms with Crippen LogP contribution < -0.4 is 0 Å². The SMILES string of the molecule is Cc1ccc(-n2ccc(C#N)c2C(=O)N2CCN(C/C=C/c3ccccc3)CC2)c(C)c1. The number of nitriles is 1. The lowest BCUT2D eigenvalue weighted by atomic mass is 10.1. The van der Waals surface area contributed by atoms with Crippen LogP contribution in [-0.2, 0) is 0 Å². The van der Waals surface area contributed by atoms with Crippen LogP contribution in [0.15, 0.2) is 66.9 Å². The molecule has 0 spiro atoms. The highest BCUT2D eigenvalue weighted by atomic mass is 16.2. The van der Waals surface area contributed by atoms with Gasteiger partial charge in [0.25, 0.3) is 5.91 Å². The van der Waals surface area contributed by atoms with E-state index in [9.17, 15) is 10.1 Å². The summed E-state index contributed by atoms with van der Waals surface area (Å²) in [6, 6.07) is 20.3. The summed E-state index contributed by atoms with van der Waals surface area (Å²) in [7, 11) is 0. The summed E-state index contributed by atoms with van der Waals surface area (Å²) in [5.74, 6) is -0.0778. The van der Waals surface area contributed by atoms with Gasteiger partial charge in [-0.15, -0.1) is 0 Å². The molecule has 2 heterocycles. The highest BCUT2D eigenvalue weighted by Crippen LogP contribution is 2.23. The number of piperazine rings is 1. The Hall–Kier alpha value is -3.62. The summed E-state index contributed by atoms with van der Waals surface area (Å²) in [6.07, 6.45) is 6.13. The number of aryl methyl sites for hydroxylation is 2. The maximum atomic E-state index is 13.4. The van der Waals surface area contributed by atoms with Crippen molar-refractivity contribution in [3.8, 4) is 11.8 Å². The number of nitrogens with zero attached hydrogens (tertiary/aromatic N) is 4. The van der Waals surface area contributed by atoms with E-state index in [-0.39, 0.29) is 5.91 Å². The van der Waals surface area contributed by atoms with Crippen LogP contribution in [0.3, 0.4) is 0 Å². The van der Waals surface area contributed by atoms with E-state index in [0.717, 1.165) is 30.9 Å². The Kier molecular flexibility index (Phi) is 6.53. The zero-order chi connectivity index (χ0) is 22.5. The zero-order valence-electron chi connectivity index (χ0n) is 18.7. The van der Waals surface area contributed by atoms with E-state index >= 15 is 0 Å². The molecule has 1 amide bonds. The van der Waals surface area contributed by atoms with Crippen LogP contribution in [0.25, 0.3) is 11.8 Å². The number of hydrogen-bond acceptors (Lipinski definition) is 3. The predicted octanol–water partition coefficient (Wildman–Crippen LogP) is 4.44. The average molecular weight is 425 g/mol. The summed E-state index contributed by atoms with van der Waals surface area (Å²) in [5, 5.41) is 9.62. The molecule has 0 saturated carbocycles. The standard InChI is InChI=1S/C27H28N4O/c1-21-10-11-25(22(2)19-21)31-14-12-24(20-28)26(31)27(32)30-17-15-29(16-18-30)13-6-9-23-7-4-3-5-8-23/h3-12,14,19H,13,15-18H2,1-2H3/b9-6+. The van der Waals surface area contributed by atoms with E-state index in [0.29, 0.717) is 24.3 Å². The Labute approximate surface area is 189 Å². The van der Waals surface area contributed by atoms with E-state index in [1.165, 1.54) is 11.1 Å². The van der Waals surface area contributed by atoms with E-state index in [4.69, 9.17) is 0 Å². The summed E-state index contributed by atoms with van der Waals surface area (Å²) in [6.45, 7) is 7.88. The van der Waals surface area contributed by atoms with Gasteiger partial charge in [-0.2, -0.15) is 5.26 Å². The second-order valence-electron chi connectivity index (χ2n) is 8.26. The Balaban J connectivity index is 1.45. The quantitative estimate of drug-likeness (QED) is 0.609. The molecule has 1 aliphatic heterocycles. The van der Waals surface area contributed by atoms with Crippen molar-refractivity contribution in [1.29, 1.82) is 5.26 Å². The van der Waals surface area contributed by atoms with Crippen LogP contribution in [-0.4, -0.2) is 53.0 Å². The van der Waals surface area contributed by atoms with E-state index in [1.54, 1.807) is 6.07 Å². The molecule has 1 saturated heterocycles. The predicted molar refractivity (Wildman–Crippen MR) is 128 cm³/mol. The summed E-state index contributed by atoms with van der Waals surface area (Å²) >= 11 is 0. The molecule has 0 radical (unpaired) electrons. The molecule has 4 rings (SSSR count). The molecule has 5 heteroatoms. The van der Waals surface area contributed by atoms with Crippen molar-refractivity contribution >= 4 is 12.0 Å². The third-order valence-corrected chi connectivity index (χ3v) is 5.95. The van der Waals surface area contributed by atoms with Gasteiger partial charge in [0.2, 0.25) is 0 Å². The monoisotopic (exact) mass is 424 g/mol. The van der Waals surface area contributed by atoms with Gasteiger partial charge >= 0.3 is 0 Å². The maximum absolute atomic E-state index is 13.4. The Morgan fingerprint density at radius 2 is 1.78 bits per heavy atom. The first-order chi connectivity index (χ1) is 15.6. The average Bonchev–Trinajstić information content (AvgIpc) is 3.23. The lowest BCUT2D eigenvalue weighted by molar-refractivity contribution is 0.0642. The minimum absolute atomic E-state index is 0.0778. The highest BCUT2D eigenvalue weighted by Gasteiger charge is 2.27. The van der Waals surface area contributed by atoms with Crippen molar-refractivity contribution in [3.05, 3.63) is 94.8 Å². The van der Waals surface area contributed by atoms with Gasteiger partial charge in [-0.3, -0.25) is 9.69 Å². The fraction of sp³-hybridized carbons (Fsp3) is 0.259. The van der Waals surface area contributed by atoms with Gasteiger partial charge in [0, 0.05) is 44.6 Å². The maximum Gasteiger partial charge on any atom is 0.272 e. The minimum Gasteiger partial charge on any atom is -0.335 e. The van der Waals surface area contributed by atoms with Crippen molar-refractivity contribution in [1.82, 2.24) is 14.4 Å². The van der Waals surface area contributed by atoms with E-state index in [1.807, 2.05) is 59.8 Å². The van der Waals surface area contributed by atoms with Gasteiger partial charge < -0.3 is 9.47 Å². The Morgan fingerprint density at radius 1 is 1.03 bits per heavy atom. The molecule has 1 fully saturated rings.